The lowest BCUT2D eigenvalue weighted by Crippen LogP contribution is -2.29. The molecule has 2 rings (SSSR count). The molecular weight excluding hydrogens is 357 g/mol. The molecule has 25 heavy (non-hydrogen) atoms. The molecule has 0 bridgehead atoms. The lowest BCUT2D eigenvalue weighted by molar-refractivity contribution is -0.167. The summed E-state index contributed by atoms with van der Waals surface area (Å²) in [6.45, 7) is 1.63. The van der Waals surface area contributed by atoms with Gasteiger partial charge in [0.25, 0.3) is 0 Å². The summed E-state index contributed by atoms with van der Waals surface area (Å²) in [7, 11) is 0. The first-order chi connectivity index (χ1) is 11.8. The number of carbonyl (C=O) groups excluding carboxylic acids is 2. The van der Waals surface area contributed by atoms with Crippen LogP contribution in [0.25, 0.3) is 11.1 Å². The summed E-state index contributed by atoms with van der Waals surface area (Å²) in [6.07, 6.45) is -5.12. The van der Waals surface area contributed by atoms with Crippen molar-refractivity contribution in [2.45, 2.75) is 13.1 Å². The Labute approximate surface area is 144 Å². The highest BCUT2D eigenvalue weighted by atomic mass is 32.1. The number of anilines is 1. The van der Waals surface area contributed by atoms with Crippen molar-refractivity contribution < 1.29 is 27.5 Å². The van der Waals surface area contributed by atoms with Crippen LogP contribution in [0.1, 0.15) is 22.2 Å². The molecule has 0 fully saturated rings. The SMILES string of the molecule is CCOC(=O)c1sc(NC(=O)C(F)(F)F)c(C#N)c1-c1ccccc1. The molecule has 2 aromatic rings. The number of hydrogen-bond acceptors (Lipinski definition) is 5. The number of alkyl halides is 3. The minimum Gasteiger partial charge on any atom is -0.462 e. The number of esters is 1. The topological polar surface area (TPSA) is 79.2 Å². The maximum absolute atomic E-state index is 12.5. The van der Waals surface area contributed by atoms with Crippen LogP contribution in [-0.2, 0) is 9.53 Å². The third-order valence-electron chi connectivity index (χ3n) is 3.03. The van der Waals surface area contributed by atoms with Crippen LogP contribution in [-0.4, -0.2) is 24.7 Å². The van der Waals surface area contributed by atoms with Gasteiger partial charge in [-0.05, 0) is 12.5 Å². The van der Waals surface area contributed by atoms with Gasteiger partial charge < -0.3 is 10.1 Å². The Morgan fingerprint density at radius 1 is 1.28 bits per heavy atom. The van der Waals surface area contributed by atoms with Crippen molar-refractivity contribution in [2.75, 3.05) is 11.9 Å². The molecule has 0 atom stereocenters. The first-order valence-electron chi connectivity index (χ1n) is 6.97. The second-order valence-corrected chi connectivity index (χ2v) is 5.68. The number of carbonyl (C=O) groups is 2. The second-order valence-electron chi connectivity index (χ2n) is 4.66. The zero-order valence-electron chi connectivity index (χ0n) is 12.8. The number of halogens is 3. The molecule has 0 saturated heterocycles. The molecule has 0 radical (unpaired) electrons. The summed E-state index contributed by atoms with van der Waals surface area (Å²) < 4.78 is 42.4. The molecule has 1 amide bonds. The number of ether oxygens (including phenoxy) is 1. The Hall–Kier alpha value is -2.86. The molecule has 9 heteroatoms. The summed E-state index contributed by atoms with van der Waals surface area (Å²) in [4.78, 5) is 23.3. The van der Waals surface area contributed by atoms with Crippen molar-refractivity contribution in [1.82, 2.24) is 0 Å². The van der Waals surface area contributed by atoms with Gasteiger partial charge >= 0.3 is 18.1 Å². The third kappa shape index (κ3) is 3.97. The van der Waals surface area contributed by atoms with Crippen molar-refractivity contribution in [3.8, 4) is 17.2 Å². The van der Waals surface area contributed by atoms with Crippen LogP contribution in [0.2, 0.25) is 0 Å². The van der Waals surface area contributed by atoms with Gasteiger partial charge in [0, 0.05) is 5.56 Å². The molecule has 0 aliphatic carbocycles. The summed E-state index contributed by atoms with van der Waals surface area (Å²) in [6, 6.07) is 9.96. The summed E-state index contributed by atoms with van der Waals surface area (Å²) in [5.74, 6) is -3.00. The van der Waals surface area contributed by atoms with E-state index < -0.39 is 18.1 Å². The van der Waals surface area contributed by atoms with Crippen LogP contribution >= 0.6 is 11.3 Å². The molecule has 1 aromatic heterocycles. The van der Waals surface area contributed by atoms with E-state index in [9.17, 15) is 28.0 Å². The van der Waals surface area contributed by atoms with Gasteiger partial charge in [0.15, 0.2) is 0 Å². The number of amides is 1. The van der Waals surface area contributed by atoms with Gasteiger partial charge in [-0.2, -0.15) is 18.4 Å². The highest BCUT2D eigenvalue weighted by molar-refractivity contribution is 7.19. The largest absolute Gasteiger partial charge is 0.471 e. The average Bonchev–Trinajstić information content (AvgIpc) is 2.93. The Morgan fingerprint density at radius 2 is 1.92 bits per heavy atom. The normalized spacial score (nSPS) is 10.8. The second kappa shape index (κ2) is 7.36. The molecule has 0 saturated carbocycles. The minimum atomic E-state index is -5.12. The lowest BCUT2D eigenvalue weighted by atomic mass is 10.0. The fraction of sp³-hybridized carbons (Fsp3) is 0.188. The highest BCUT2D eigenvalue weighted by Gasteiger charge is 2.40. The Bertz CT molecular complexity index is 839. The van der Waals surface area contributed by atoms with E-state index in [2.05, 4.69) is 0 Å². The first-order valence-corrected chi connectivity index (χ1v) is 7.78. The first kappa shape index (κ1) is 18.5. The fourth-order valence-electron chi connectivity index (χ4n) is 2.02. The van der Waals surface area contributed by atoms with Gasteiger partial charge in [-0.25, -0.2) is 4.79 Å². The lowest BCUT2D eigenvalue weighted by Gasteiger charge is -2.06. The number of benzene rings is 1. The summed E-state index contributed by atoms with van der Waals surface area (Å²) >= 11 is 0.569. The molecule has 130 valence electrons. The van der Waals surface area contributed by atoms with E-state index in [4.69, 9.17) is 4.74 Å². The number of nitriles is 1. The zero-order chi connectivity index (χ0) is 18.6. The van der Waals surface area contributed by atoms with E-state index in [1.54, 1.807) is 48.6 Å². The van der Waals surface area contributed by atoms with Crippen molar-refractivity contribution >= 4 is 28.2 Å². The maximum atomic E-state index is 12.5. The Balaban J connectivity index is 2.62. The number of nitrogens with one attached hydrogen (secondary N) is 1. The fourth-order valence-corrected chi connectivity index (χ4v) is 3.08. The highest BCUT2D eigenvalue weighted by Crippen LogP contribution is 2.40. The van der Waals surface area contributed by atoms with E-state index >= 15 is 0 Å². The standard InChI is InChI=1S/C16H11F3N2O3S/c1-2-24-14(22)12-11(9-6-4-3-5-7-9)10(8-20)13(25-12)21-15(23)16(17,18)19/h3-7H,2H2,1H3,(H,21,23). The molecule has 0 spiro atoms. The smallest absolute Gasteiger partial charge is 0.462 e. The van der Waals surface area contributed by atoms with E-state index in [1.165, 1.54) is 0 Å². The van der Waals surface area contributed by atoms with Crippen molar-refractivity contribution in [3.63, 3.8) is 0 Å². The van der Waals surface area contributed by atoms with Crippen LogP contribution < -0.4 is 5.32 Å². The predicted octanol–water partition coefficient (Wildman–Crippen LogP) is 3.96. The van der Waals surface area contributed by atoms with Crippen molar-refractivity contribution in [1.29, 1.82) is 5.26 Å². The molecule has 1 heterocycles. The predicted molar refractivity (Wildman–Crippen MR) is 85.1 cm³/mol. The number of rotatable bonds is 4. The van der Waals surface area contributed by atoms with Gasteiger partial charge in [-0.3, -0.25) is 4.79 Å². The number of thiophene rings is 1. The quantitative estimate of drug-likeness (QED) is 0.829. The van der Waals surface area contributed by atoms with Gasteiger partial charge in [0.1, 0.15) is 15.9 Å². The summed E-state index contributed by atoms with van der Waals surface area (Å²) in [5.41, 5.74) is 0.353. The van der Waals surface area contributed by atoms with Gasteiger partial charge in [0.05, 0.1) is 12.2 Å². The van der Waals surface area contributed by atoms with Crippen LogP contribution in [0.5, 0.6) is 0 Å². The molecule has 1 N–H and O–H groups in total. The Kier molecular flexibility index (Phi) is 5.44. The van der Waals surface area contributed by atoms with Gasteiger partial charge in [-0.15, -0.1) is 11.3 Å². The molecular formula is C16H11F3N2O3S. The monoisotopic (exact) mass is 368 g/mol. The van der Waals surface area contributed by atoms with Crippen LogP contribution in [0.4, 0.5) is 18.2 Å². The summed E-state index contributed by atoms with van der Waals surface area (Å²) in [5, 5.41) is 10.7. The van der Waals surface area contributed by atoms with E-state index in [-0.39, 0.29) is 27.6 Å². The van der Waals surface area contributed by atoms with E-state index in [0.717, 1.165) is 0 Å². The van der Waals surface area contributed by atoms with Crippen molar-refractivity contribution in [2.24, 2.45) is 0 Å². The zero-order valence-corrected chi connectivity index (χ0v) is 13.6. The minimum absolute atomic E-state index is 0.0527. The number of hydrogen-bond donors (Lipinski definition) is 1. The van der Waals surface area contributed by atoms with Crippen LogP contribution in [0.15, 0.2) is 30.3 Å². The van der Waals surface area contributed by atoms with Gasteiger partial charge in [0.2, 0.25) is 0 Å². The molecule has 0 unspecified atom stereocenters. The van der Waals surface area contributed by atoms with E-state index in [1.807, 2.05) is 0 Å². The van der Waals surface area contributed by atoms with Crippen molar-refractivity contribution in [3.05, 3.63) is 40.8 Å². The Morgan fingerprint density at radius 3 is 2.44 bits per heavy atom. The molecule has 1 aromatic carbocycles. The maximum Gasteiger partial charge on any atom is 0.471 e. The molecule has 0 aliphatic heterocycles. The molecule has 0 aliphatic rings. The van der Waals surface area contributed by atoms with E-state index in [0.29, 0.717) is 16.9 Å². The van der Waals surface area contributed by atoms with Gasteiger partial charge in [-0.1, -0.05) is 30.3 Å². The average molecular weight is 368 g/mol. The molecule has 5 nitrogen and oxygen atoms in total. The third-order valence-corrected chi connectivity index (χ3v) is 4.11. The van der Waals surface area contributed by atoms with Crippen LogP contribution in [0.3, 0.4) is 0 Å². The van der Waals surface area contributed by atoms with Crippen LogP contribution in [0, 0.1) is 11.3 Å². The number of nitrogens with zero attached hydrogens (tertiary/aromatic N) is 1.